The first-order valence-electron chi connectivity index (χ1n) is 13.9. The van der Waals surface area contributed by atoms with Crippen LogP contribution in [0.15, 0.2) is 115 Å². The van der Waals surface area contributed by atoms with Crippen molar-refractivity contribution in [1.82, 2.24) is 10.6 Å². The predicted octanol–water partition coefficient (Wildman–Crippen LogP) is 4.76. The fraction of sp³-hybridized carbons (Fsp3) is 0.206. The fourth-order valence-corrected chi connectivity index (χ4v) is 5.45. The second kappa shape index (κ2) is 13.1. The summed E-state index contributed by atoms with van der Waals surface area (Å²) in [6.45, 7) is 0.766. The lowest BCUT2D eigenvalue weighted by Crippen LogP contribution is -2.49. The number of carbonyl (C=O) groups is 2. The molecule has 6 N–H and O–H groups in total. The molecule has 41 heavy (non-hydrogen) atoms. The van der Waals surface area contributed by atoms with E-state index in [1.165, 1.54) is 0 Å². The number of nitrogens with two attached hydrogens (primary N) is 1. The molecule has 7 heteroatoms. The number of hydrogen-bond acceptors (Lipinski definition) is 5. The van der Waals surface area contributed by atoms with Crippen LogP contribution in [-0.4, -0.2) is 36.2 Å². The highest BCUT2D eigenvalue weighted by molar-refractivity contribution is 5.97. The second-order valence-corrected chi connectivity index (χ2v) is 10.3. The third-order valence-electron chi connectivity index (χ3n) is 7.56. The Bertz CT molecular complexity index is 1410. The molecule has 5 rings (SSSR count). The van der Waals surface area contributed by atoms with Gasteiger partial charge in [-0.3, -0.25) is 15.0 Å². The number of amides is 1. The van der Waals surface area contributed by atoms with Crippen LogP contribution in [0.25, 0.3) is 0 Å². The van der Waals surface area contributed by atoms with Crippen molar-refractivity contribution < 1.29 is 9.59 Å². The van der Waals surface area contributed by atoms with E-state index in [0.29, 0.717) is 11.1 Å². The number of nitrogens with one attached hydrogen (secondary N) is 4. The number of Topliss-reactive ketones (excluding diaryl/α,β-unsaturated/α-hetero) is 1. The molecule has 1 saturated heterocycles. The van der Waals surface area contributed by atoms with Crippen molar-refractivity contribution in [2.75, 3.05) is 11.9 Å². The van der Waals surface area contributed by atoms with E-state index in [9.17, 15) is 9.59 Å². The Kier molecular flexibility index (Phi) is 8.86. The summed E-state index contributed by atoms with van der Waals surface area (Å²) in [5, 5.41) is 17.6. The molecule has 0 spiro atoms. The second-order valence-electron chi connectivity index (χ2n) is 10.3. The number of hydrogen-bond donors (Lipinski definition) is 5. The van der Waals surface area contributed by atoms with Gasteiger partial charge in [-0.05, 0) is 48.2 Å². The number of amidine groups is 1. The highest BCUT2D eigenvalue weighted by atomic mass is 16.2. The van der Waals surface area contributed by atoms with Gasteiger partial charge in [0.25, 0.3) is 0 Å². The van der Waals surface area contributed by atoms with Crippen LogP contribution < -0.4 is 21.7 Å². The van der Waals surface area contributed by atoms with Crippen LogP contribution >= 0.6 is 0 Å². The molecule has 0 bridgehead atoms. The van der Waals surface area contributed by atoms with Crippen LogP contribution in [0.2, 0.25) is 0 Å². The van der Waals surface area contributed by atoms with Gasteiger partial charge in [0.1, 0.15) is 17.9 Å². The maximum atomic E-state index is 14.4. The van der Waals surface area contributed by atoms with Gasteiger partial charge in [0, 0.05) is 17.2 Å². The van der Waals surface area contributed by atoms with Crippen LogP contribution in [0.1, 0.15) is 47.1 Å². The standard InChI is InChI=1S/C34H35N5O2/c35-33(36)26-20-18-25(19-21-26)30(32(40)28-17-10-22-37-28)39-34(41)31(38-27-15-8-3-9-16-27)29(23-11-4-1-5-12-23)24-13-6-2-7-14-24/h1-9,11-16,18-21,28-31,37-38H,10,17,22H2,(H3,35,36)(H,39,41)/t28-,30?,31+/m0/s1. The van der Waals surface area contributed by atoms with E-state index in [4.69, 9.17) is 11.1 Å². The van der Waals surface area contributed by atoms with Crippen molar-refractivity contribution in [3.05, 3.63) is 138 Å². The summed E-state index contributed by atoms with van der Waals surface area (Å²) < 4.78 is 0. The Morgan fingerprint density at radius 1 is 0.780 bits per heavy atom. The zero-order valence-electron chi connectivity index (χ0n) is 22.8. The number of anilines is 1. The van der Waals surface area contributed by atoms with Gasteiger partial charge in [-0.15, -0.1) is 0 Å². The first-order chi connectivity index (χ1) is 20.0. The smallest absolute Gasteiger partial charge is 0.244 e. The van der Waals surface area contributed by atoms with Crippen molar-refractivity contribution in [3.8, 4) is 0 Å². The molecule has 3 atom stereocenters. The molecule has 1 aliphatic rings. The Morgan fingerprint density at radius 2 is 1.34 bits per heavy atom. The number of para-hydroxylation sites is 1. The molecule has 0 saturated carbocycles. The monoisotopic (exact) mass is 545 g/mol. The number of nitrogen functional groups attached to an aromatic ring is 1. The molecule has 0 aromatic heterocycles. The van der Waals surface area contributed by atoms with Crippen LogP contribution in [-0.2, 0) is 9.59 Å². The topological polar surface area (TPSA) is 120 Å². The Labute approximate surface area is 240 Å². The molecule has 1 fully saturated rings. The van der Waals surface area contributed by atoms with Crippen molar-refractivity contribution >= 4 is 23.2 Å². The van der Waals surface area contributed by atoms with Crippen LogP contribution in [0.4, 0.5) is 5.69 Å². The van der Waals surface area contributed by atoms with Crippen LogP contribution in [0.5, 0.6) is 0 Å². The lowest BCUT2D eigenvalue weighted by molar-refractivity contribution is -0.129. The summed E-state index contributed by atoms with van der Waals surface area (Å²) in [6, 6.07) is 34.5. The number of rotatable bonds is 11. The number of carbonyl (C=O) groups excluding carboxylic acids is 2. The molecule has 1 unspecified atom stereocenters. The summed E-state index contributed by atoms with van der Waals surface area (Å²) in [6.07, 6.45) is 1.63. The zero-order valence-corrected chi connectivity index (χ0v) is 22.8. The Balaban J connectivity index is 1.55. The Hall–Kier alpha value is -4.75. The van der Waals surface area contributed by atoms with Crippen LogP contribution in [0.3, 0.4) is 0 Å². The molecule has 1 aliphatic heterocycles. The number of benzene rings is 4. The first kappa shape index (κ1) is 27.8. The molecule has 1 heterocycles. The molecule has 0 aliphatic carbocycles. The largest absolute Gasteiger partial charge is 0.384 e. The number of ketones is 1. The van der Waals surface area contributed by atoms with Gasteiger partial charge in [0.2, 0.25) is 5.91 Å². The lowest BCUT2D eigenvalue weighted by atomic mass is 9.84. The van der Waals surface area contributed by atoms with Crippen molar-refractivity contribution in [2.45, 2.75) is 36.9 Å². The molecule has 1 amide bonds. The van der Waals surface area contributed by atoms with Crippen molar-refractivity contribution in [1.29, 1.82) is 5.41 Å². The molecular formula is C34H35N5O2. The van der Waals surface area contributed by atoms with Gasteiger partial charge >= 0.3 is 0 Å². The van der Waals surface area contributed by atoms with Gasteiger partial charge < -0.3 is 21.7 Å². The van der Waals surface area contributed by atoms with Gasteiger partial charge in [-0.1, -0.05) is 103 Å². The SMILES string of the molecule is N=C(N)c1ccc(C(NC(=O)[C@H](Nc2ccccc2)C(c2ccccc2)c2ccccc2)C(=O)[C@@H]2CCCN2)cc1. The van der Waals surface area contributed by atoms with E-state index in [0.717, 1.165) is 36.2 Å². The maximum Gasteiger partial charge on any atom is 0.244 e. The van der Waals surface area contributed by atoms with Crippen molar-refractivity contribution in [2.24, 2.45) is 5.73 Å². The molecular weight excluding hydrogens is 510 g/mol. The molecule has 4 aromatic rings. The summed E-state index contributed by atoms with van der Waals surface area (Å²) in [7, 11) is 0. The van der Waals surface area contributed by atoms with Gasteiger partial charge in [-0.2, -0.15) is 0 Å². The zero-order chi connectivity index (χ0) is 28.6. The fourth-order valence-electron chi connectivity index (χ4n) is 5.45. The maximum absolute atomic E-state index is 14.4. The van der Waals surface area contributed by atoms with Gasteiger partial charge in [-0.25, -0.2) is 0 Å². The van der Waals surface area contributed by atoms with E-state index >= 15 is 0 Å². The molecule has 0 radical (unpaired) electrons. The average Bonchev–Trinajstić information content (AvgIpc) is 3.56. The van der Waals surface area contributed by atoms with E-state index in [1.807, 2.05) is 91.0 Å². The lowest BCUT2D eigenvalue weighted by Gasteiger charge is -2.31. The summed E-state index contributed by atoms with van der Waals surface area (Å²) in [4.78, 5) is 28.2. The van der Waals surface area contributed by atoms with E-state index in [-0.39, 0.29) is 29.5 Å². The first-order valence-corrected chi connectivity index (χ1v) is 13.9. The van der Waals surface area contributed by atoms with Gasteiger partial charge in [0.05, 0.1) is 6.04 Å². The minimum Gasteiger partial charge on any atom is -0.384 e. The average molecular weight is 546 g/mol. The van der Waals surface area contributed by atoms with E-state index in [1.54, 1.807) is 24.3 Å². The quantitative estimate of drug-likeness (QED) is 0.137. The summed E-state index contributed by atoms with van der Waals surface area (Å²) in [5.74, 6) is -0.765. The van der Waals surface area contributed by atoms with E-state index < -0.39 is 12.1 Å². The van der Waals surface area contributed by atoms with Gasteiger partial charge in [0.15, 0.2) is 5.78 Å². The Morgan fingerprint density at radius 3 is 1.85 bits per heavy atom. The highest BCUT2D eigenvalue weighted by Crippen LogP contribution is 2.31. The third kappa shape index (κ3) is 6.70. The summed E-state index contributed by atoms with van der Waals surface area (Å²) in [5.41, 5.74) is 9.63. The third-order valence-corrected chi connectivity index (χ3v) is 7.56. The van der Waals surface area contributed by atoms with E-state index in [2.05, 4.69) is 16.0 Å². The minimum atomic E-state index is -0.869. The predicted molar refractivity (Wildman–Crippen MR) is 163 cm³/mol. The normalized spacial score (nSPS) is 16.1. The molecule has 7 nitrogen and oxygen atoms in total. The molecule has 208 valence electrons. The highest BCUT2D eigenvalue weighted by Gasteiger charge is 2.36. The van der Waals surface area contributed by atoms with Crippen LogP contribution in [0, 0.1) is 5.41 Å². The van der Waals surface area contributed by atoms with Crippen molar-refractivity contribution in [3.63, 3.8) is 0 Å². The molecule has 4 aromatic carbocycles. The summed E-state index contributed by atoms with van der Waals surface area (Å²) >= 11 is 0. The minimum absolute atomic E-state index is 0.0541.